The predicted octanol–water partition coefficient (Wildman–Crippen LogP) is 2.34. The van der Waals surface area contributed by atoms with Crippen LogP contribution in [0.3, 0.4) is 0 Å². The van der Waals surface area contributed by atoms with Gasteiger partial charge in [0.05, 0.1) is 55.1 Å². The zero-order valence-corrected chi connectivity index (χ0v) is 34.1. The molecule has 18 heteroatoms. The summed E-state index contributed by atoms with van der Waals surface area (Å²) in [5.41, 5.74) is -4.22. The number of aliphatic hydroxyl groups excluding tert-OH is 2. The highest BCUT2D eigenvalue weighted by molar-refractivity contribution is 6.31. The molecule has 0 aromatic heterocycles. The molecule has 330 valence electrons. The minimum absolute atomic E-state index is 0.00884. The Bertz CT molecular complexity index is 2080. The van der Waals surface area contributed by atoms with Gasteiger partial charge in [-0.2, -0.15) is 0 Å². The zero-order valence-electron chi connectivity index (χ0n) is 34.1. The molecule has 1 heterocycles. The Balaban J connectivity index is 1.23. The summed E-state index contributed by atoms with van der Waals surface area (Å²) in [5.74, 6) is -5.37. The fourth-order valence-corrected chi connectivity index (χ4v) is 8.59. The van der Waals surface area contributed by atoms with Gasteiger partial charge in [-0.3, -0.25) is 24.0 Å². The molecular formula is C43H52N2O16. The van der Waals surface area contributed by atoms with Gasteiger partial charge in [0.2, 0.25) is 11.7 Å². The number of amides is 2. The van der Waals surface area contributed by atoms with Crippen molar-refractivity contribution >= 4 is 35.3 Å². The summed E-state index contributed by atoms with van der Waals surface area (Å²) in [5, 5.41) is 61.4. The number of phenols is 2. The number of Topliss-reactive ketones (excluding diaryl/α,β-unsaturated/α-hetero) is 1. The topological polar surface area (TPSA) is 274 Å². The van der Waals surface area contributed by atoms with Crippen LogP contribution in [0.5, 0.6) is 17.2 Å². The molecule has 1 fully saturated rings. The summed E-state index contributed by atoms with van der Waals surface area (Å²) >= 11 is 0. The van der Waals surface area contributed by atoms with Crippen LogP contribution < -0.4 is 15.4 Å². The van der Waals surface area contributed by atoms with Crippen LogP contribution in [0.4, 0.5) is 4.79 Å². The van der Waals surface area contributed by atoms with Crippen molar-refractivity contribution in [2.24, 2.45) is 5.92 Å². The zero-order chi connectivity index (χ0) is 44.2. The molecule has 61 heavy (non-hydrogen) atoms. The van der Waals surface area contributed by atoms with Gasteiger partial charge in [-0.1, -0.05) is 24.6 Å². The van der Waals surface area contributed by atoms with Gasteiger partial charge in [-0.15, -0.1) is 0 Å². The number of ketones is 3. The van der Waals surface area contributed by atoms with E-state index in [1.54, 1.807) is 13.0 Å². The van der Waals surface area contributed by atoms with Crippen molar-refractivity contribution in [2.45, 2.75) is 114 Å². The molecule has 0 bridgehead atoms. The van der Waals surface area contributed by atoms with E-state index >= 15 is 0 Å². The number of methoxy groups -OCH3 is 1. The molecule has 0 spiro atoms. The van der Waals surface area contributed by atoms with Gasteiger partial charge < -0.3 is 59.9 Å². The first-order valence-corrected chi connectivity index (χ1v) is 20.4. The van der Waals surface area contributed by atoms with E-state index in [1.165, 1.54) is 32.2 Å². The maximum Gasteiger partial charge on any atom is 0.408 e. The Hall–Kier alpha value is -5.40. The normalized spacial score (nSPS) is 27.5. The highest BCUT2D eigenvalue weighted by Crippen LogP contribution is 2.52. The highest BCUT2D eigenvalue weighted by Gasteiger charge is 2.50. The number of ether oxygens (including phenoxy) is 5. The summed E-state index contributed by atoms with van der Waals surface area (Å²) < 4.78 is 28.3. The fraction of sp³-hybridized carbons (Fsp3) is 0.535. The first-order chi connectivity index (χ1) is 29.1. The van der Waals surface area contributed by atoms with Gasteiger partial charge in [0.15, 0.2) is 17.9 Å². The first kappa shape index (κ1) is 45.1. The van der Waals surface area contributed by atoms with E-state index < -0.39 is 120 Å². The number of carbonyl (C=O) groups is 6. The molecule has 0 radical (unpaired) electrons. The van der Waals surface area contributed by atoms with E-state index in [2.05, 4.69) is 10.6 Å². The first-order valence-electron chi connectivity index (χ1n) is 20.4. The number of rotatable bonds is 13. The lowest BCUT2D eigenvalue weighted by Gasteiger charge is -2.42. The second kappa shape index (κ2) is 19.1. The van der Waals surface area contributed by atoms with Crippen molar-refractivity contribution in [2.75, 3.05) is 26.9 Å². The Morgan fingerprint density at radius 3 is 2.51 bits per heavy atom. The summed E-state index contributed by atoms with van der Waals surface area (Å²) in [7, 11) is 1.30. The molecule has 7 N–H and O–H groups in total. The standard InChI is InChI=1S/C43H52N2O16/c1-4-58-31(49)14-15-44-30(48)16-22-10-7-5-6-8-12-26(22)61-42(55)45-25-17-32(59-21(2)37(25)50)60-28-19-43(56,29(47)20-46)18-24-34(28)41(54)36-35(39(24)52)38(51)23-11-9-13-27(57-3)33(23)40(36)53/h8-9,11-13,21-22,25-26,28,32,37,46,50,52,54,56H,4-7,10,14-20H2,1-3H3,(H,44,48)(H,45,55)/b12-8+/t21-,22?,25-,26?,28-,32-,37+,43-/m0/s1. The van der Waals surface area contributed by atoms with Crippen molar-refractivity contribution in [1.29, 1.82) is 0 Å². The van der Waals surface area contributed by atoms with E-state index in [-0.39, 0.29) is 66.3 Å². The van der Waals surface area contributed by atoms with Gasteiger partial charge >= 0.3 is 12.1 Å². The fourth-order valence-electron chi connectivity index (χ4n) is 8.59. The number of nitrogens with one attached hydrogen (secondary N) is 2. The van der Waals surface area contributed by atoms with Crippen molar-refractivity contribution < 1.29 is 78.0 Å². The maximum absolute atomic E-state index is 14.0. The highest BCUT2D eigenvalue weighted by atomic mass is 16.7. The van der Waals surface area contributed by atoms with Crippen LogP contribution in [0.15, 0.2) is 30.4 Å². The van der Waals surface area contributed by atoms with Crippen LogP contribution in [-0.4, -0.2) is 124 Å². The van der Waals surface area contributed by atoms with E-state index in [9.17, 15) is 54.3 Å². The number of fused-ring (bicyclic) bond motifs is 3. The summed E-state index contributed by atoms with van der Waals surface area (Å²) in [4.78, 5) is 78.9. The number of hydrogen-bond acceptors (Lipinski definition) is 16. The molecular weight excluding hydrogens is 800 g/mol. The van der Waals surface area contributed by atoms with Gasteiger partial charge in [0.1, 0.15) is 41.7 Å². The van der Waals surface area contributed by atoms with Crippen LogP contribution >= 0.6 is 0 Å². The minimum Gasteiger partial charge on any atom is -0.507 e. The van der Waals surface area contributed by atoms with Crippen molar-refractivity contribution in [3.63, 3.8) is 0 Å². The molecule has 6 rings (SSSR count). The van der Waals surface area contributed by atoms with Crippen molar-refractivity contribution in [3.05, 3.63) is 63.7 Å². The quantitative estimate of drug-likeness (QED) is 0.0739. The Kier molecular flexibility index (Phi) is 14.1. The largest absolute Gasteiger partial charge is 0.507 e. The SMILES string of the molecule is CCOC(=O)CCNC(=O)CC1CCCC/C=C/C1OC(=O)N[C@H]1C[C@H](O[C@H]2C[C@](O)(C(=O)CO)Cc3c(O)c4c(c(O)c32)C(=O)c2c(OC)cccc2C4=O)O[C@@H](C)[C@H]1O. The lowest BCUT2D eigenvalue weighted by molar-refractivity contribution is -0.249. The van der Waals surface area contributed by atoms with Crippen molar-refractivity contribution in [1.82, 2.24) is 10.6 Å². The Morgan fingerprint density at radius 1 is 1.03 bits per heavy atom. The lowest BCUT2D eigenvalue weighted by Crippen LogP contribution is -2.56. The number of hydrogen-bond donors (Lipinski definition) is 7. The molecule has 2 unspecified atom stereocenters. The molecule has 2 amide bonds. The molecule has 0 saturated carbocycles. The molecule has 18 nitrogen and oxygen atoms in total. The van der Waals surface area contributed by atoms with Gasteiger partial charge in [0.25, 0.3) is 0 Å². The molecule has 2 aromatic rings. The summed E-state index contributed by atoms with van der Waals surface area (Å²) in [6.45, 7) is 2.40. The Morgan fingerprint density at radius 2 is 1.79 bits per heavy atom. The van der Waals surface area contributed by atoms with Crippen LogP contribution in [0.1, 0.15) is 114 Å². The average molecular weight is 853 g/mol. The monoisotopic (exact) mass is 852 g/mol. The van der Waals surface area contributed by atoms with Crippen LogP contribution in [0.25, 0.3) is 0 Å². The average Bonchev–Trinajstić information content (AvgIpc) is 3.21. The molecule has 1 saturated heterocycles. The third-order valence-corrected chi connectivity index (χ3v) is 11.7. The van der Waals surface area contributed by atoms with E-state index in [0.29, 0.717) is 6.42 Å². The molecule has 2 aromatic carbocycles. The van der Waals surface area contributed by atoms with E-state index in [4.69, 9.17) is 23.7 Å². The third-order valence-electron chi connectivity index (χ3n) is 11.7. The predicted molar refractivity (Wildman–Crippen MR) is 211 cm³/mol. The molecule has 4 aliphatic rings. The number of esters is 1. The van der Waals surface area contributed by atoms with E-state index in [1.807, 2.05) is 6.08 Å². The third kappa shape index (κ3) is 9.43. The van der Waals surface area contributed by atoms with Crippen LogP contribution in [0, 0.1) is 5.92 Å². The number of allylic oxidation sites excluding steroid dienone is 1. The molecule has 3 aliphatic carbocycles. The van der Waals surface area contributed by atoms with Crippen LogP contribution in [-0.2, 0) is 39.8 Å². The summed E-state index contributed by atoms with van der Waals surface area (Å²) in [6.07, 6.45) is -1.83. The number of carbonyl (C=O) groups excluding carboxylic acids is 6. The van der Waals surface area contributed by atoms with Crippen molar-refractivity contribution in [3.8, 4) is 17.2 Å². The number of phenolic OH excluding ortho intramolecular Hbond substituents is 2. The number of aromatic hydroxyl groups is 2. The van der Waals surface area contributed by atoms with Gasteiger partial charge in [0, 0.05) is 54.8 Å². The second-order valence-corrected chi connectivity index (χ2v) is 15.7. The number of benzene rings is 2. The van der Waals surface area contributed by atoms with E-state index in [0.717, 1.165) is 19.3 Å². The number of alkyl carbamates (subject to hydrolysis) is 1. The van der Waals surface area contributed by atoms with Gasteiger partial charge in [-0.25, -0.2) is 4.79 Å². The second-order valence-electron chi connectivity index (χ2n) is 15.7. The number of aliphatic hydroxyl groups is 3. The smallest absolute Gasteiger partial charge is 0.408 e. The summed E-state index contributed by atoms with van der Waals surface area (Å²) in [6, 6.07) is 3.21. The molecule has 1 aliphatic heterocycles. The minimum atomic E-state index is -2.38. The maximum atomic E-state index is 14.0. The van der Waals surface area contributed by atoms with Gasteiger partial charge in [-0.05, 0) is 45.3 Å². The van der Waals surface area contributed by atoms with Crippen LogP contribution in [0.2, 0.25) is 0 Å². The lowest BCUT2D eigenvalue weighted by atomic mass is 9.72. The Labute approximate surface area is 351 Å². The molecule has 8 atom stereocenters.